The highest BCUT2D eigenvalue weighted by atomic mass is 35.5. The number of benzene rings is 1. The highest BCUT2D eigenvalue weighted by Crippen LogP contribution is 2.32. The molecule has 0 radical (unpaired) electrons. The van der Waals surface area contributed by atoms with Gasteiger partial charge in [-0.2, -0.15) is 0 Å². The summed E-state index contributed by atoms with van der Waals surface area (Å²) in [4.78, 5) is 8.73. The van der Waals surface area contributed by atoms with Crippen molar-refractivity contribution in [1.29, 1.82) is 0 Å². The van der Waals surface area contributed by atoms with E-state index < -0.39 is 5.67 Å². The lowest BCUT2D eigenvalue weighted by molar-refractivity contribution is 0.221. The van der Waals surface area contributed by atoms with E-state index in [9.17, 15) is 4.39 Å². The number of unbranched alkanes of at least 4 members (excludes halogenated alkanes) is 5. The number of anilines is 2. The van der Waals surface area contributed by atoms with Crippen molar-refractivity contribution in [2.24, 2.45) is 0 Å². The first-order chi connectivity index (χ1) is 17.5. The van der Waals surface area contributed by atoms with Gasteiger partial charge in [-0.3, -0.25) is 0 Å². The Labute approximate surface area is 232 Å². The third kappa shape index (κ3) is 13.5. The summed E-state index contributed by atoms with van der Waals surface area (Å²) in [5.41, 5.74) is 8.63. The van der Waals surface area contributed by atoms with Crippen LogP contribution in [-0.2, 0) is 18.5 Å². The van der Waals surface area contributed by atoms with Gasteiger partial charge in [0.15, 0.2) is 0 Å². The normalized spacial score (nSPS) is 11.6. The molecule has 0 amide bonds. The van der Waals surface area contributed by atoms with Gasteiger partial charge in [0.2, 0.25) is 5.28 Å². The minimum absolute atomic E-state index is 0.0550. The Morgan fingerprint density at radius 3 is 1.89 bits per heavy atom. The smallest absolute Gasteiger partial charge is 0.224 e. The molecular weight excluding hydrogens is 483 g/mol. The number of nitrogens with zero attached hydrogens (tertiary/aromatic N) is 2. The van der Waals surface area contributed by atoms with Crippen molar-refractivity contribution < 1.29 is 4.39 Å². The van der Waals surface area contributed by atoms with Gasteiger partial charge in [0.25, 0.3) is 0 Å². The van der Waals surface area contributed by atoms with Gasteiger partial charge in [0.05, 0.1) is 11.7 Å². The summed E-state index contributed by atoms with van der Waals surface area (Å²) in [6.45, 7) is 18.1. The van der Waals surface area contributed by atoms with Crippen LogP contribution in [0.15, 0.2) is 18.2 Å². The van der Waals surface area contributed by atoms with Crippen molar-refractivity contribution in [1.82, 2.24) is 9.97 Å². The van der Waals surface area contributed by atoms with E-state index in [4.69, 9.17) is 17.3 Å². The van der Waals surface area contributed by atoms with Crippen LogP contribution in [0, 0.1) is 0 Å². The molecule has 212 valence electrons. The largest absolute Gasteiger partial charge is 0.399 e. The van der Waals surface area contributed by atoms with Crippen LogP contribution in [-0.4, -0.2) is 9.97 Å². The SMILES string of the molecule is CCCC.CCCCCCC.CCc1nc(Cl)nc(NC(CC)c2cc(N)cc(C(C)(C)F)c2)c1CC. The number of hydrogen-bond acceptors (Lipinski definition) is 4. The van der Waals surface area contributed by atoms with Crippen LogP contribution in [0.2, 0.25) is 5.28 Å². The van der Waals surface area contributed by atoms with Gasteiger partial charge in [0, 0.05) is 11.3 Å². The first-order valence-corrected chi connectivity index (χ1v) is 14.8. The quantitative estimate of drug-likeness (QED) is 0.161. The molecule has 0 aliphatic rings. The molecule has 1 aromatic carbocycles. The zero-order valence-electron chi connectivity index (χ0n) is 25.1. The molecule has 0 saturated carbocycles. The molecular formula is C31H54ClFN4. The molecule has 0 saturated heterocycles. The number of nitrogen functional groups attached to an aromatic ring is 1. The Morgan fingerprint density at radius 2 is 1.46 bits per heavy atom. The average Bonchev–Trinajstić information content (AvgIpc) is 2.86. The molecule has 0 spiro atoms. The van der Waals surface area contributed by atoms with Crippen molar-refractivity contribution in [3.63, 3.8) is 0 Å². The van der Waals surface area contributed by atoms with Crippen LogP contribution >= 0.6 is 11.6 Å². The molecule has 1 heterocycles. The molecule has 1 atom stereocenters. The first kappa shape index (κ1) is 35.1. The fraction of sp³-hybridized carbons (Fsp3) is 0.677. The topological polar surface area (TPSA) is 63.8 Å². The number of nitrogens with one attached hydrogen (secondary N) is 1. The maximum Gasteiger partial charge on any atom is 0.224 e. The molecule has 6 heteroatoms. The molecule has 0 aliphatic heterocycles. The third-order valence-electron chi connectivity index (χ3n) is 6.25. The lowest BCUT2D eigenvalue weighted by Crippen LogP contribution is -2.16. The number of aromatic nitrogens is 2. The summed E-state index contributed by atoms with van der Waals surface area (Å²) in [5, 5.41) is 3.70. The van der Waals surface area contributed by atoms with E-state index in [0.29, 0.717) is 11.3 Å². The Bertz CT molecular complexity index is 874. The summed E-state index contributed by atoms with van der Waals surface area (Å²) < 4.78 is 14.4. The van der Waals surface area contributed by atoms with Crippen LogP contribution in [0.5, 0.6) is 0 Å². The van der Waals surface area contributed by atoms with Crippen LogP contribution in [0.3, 0.4) is 0 Å². The van der Waals surface area contributed by atoms with E-state index in [-0.39, 0.29) is 11.3 Å². The Morgan fingerprint density at radius 1 is 0.865 bits per heavy atom. The molecule has 37 heavy (non-hydrogen) atoms. The Balaban J connectivity index is 0.000000988. The van der Waals surface area contributed by atoms with E-state index in [0.717, 1.165) is 41.9 Å². The molecule has 0 aliphatic carbocycles. The molecule has 2 rings (SSSR count). The van der Waals surface area contributed by atoms with Gasteiger partial charge in [0.1, 0.15) is 11.5 Å². The summed E-state index contributed by atoms with van der Waals surface area (Å²) in [5.74, 6) is 0.736. The second-order valence-electron chi connectivity index (χ2n) is 10.0. The summed E-state index contributed by atoms with van der Waals surface area (Å²) >= 11 is 6.11. The van der Waals surface area contributed by atoms with Gasteiger partial charge in [-0.15, -0.1) is 0 Å². The van der Waals surface area contributed by atoms with Crippen molar-refractivity contribution in [3.05, 3.63) is 45.9 Å². The number of halogens is 2. The first-order valence-electron chi connectivity index (χ1n) is 14.4. The molecule has 0 fully saturated rings. The standard InChI is InChI=1S/C20H28ClFN4.C7H16.C4H10/c1-6-15-17(8-3)25-19(21)26-18(15)24-16(7-2)12-9-13(20(4,5)22)11-14(23)10-12;1-3-5-7-6-4-2;1-3-4-2/h9-11,16H,6-8,23H2,1-5H3,(H,24,25,26);3-7H2,1-2H3;3-4H2,1-2H3. The Hall–Kier alpha value is -1.88. The van der Waals surface area contributed by atoms with E-state index in [1.807, 2.05) is 19.1 Å². The minimum atomic E-state index is -1.45. The summed E-state index contributed by atoms with van der Waals surface area (Å²) in [6.07, 6.45) is 12.0. The van der Waals surface area contributed by atoms with Crippen molar-refractivity contribution in [2.75, 3.05) is 11.1 Å². The minimum Gasteiger partial charge on any atom is -0.399 e. The average molecular weight is 537 g/mol. The number of hydrogen-bond donors (Lipinski definition) is 2. The van der Waals surface area contributed by atoms with E-state index in [2.05, 4.69) is 56.8 Å². The summed E-state index contributed by atoms with van der Waals surface area (Å²) in [7, 11) is 0. The number of rotatable bonds is 12. The molecule has 1 unspecified atom stereocenters. The van der Waals surface area contributed by atoms with Gasteiger partial charge in [-0.25, -0.2) is 14.4 Å². The van der Waals surface area contributed by atoms with E-state index in [1.54, 1.807) is 6.07 Å². The molecule has 0 bridgehead atoms. The van der Waals surface area contributed by atoms with Gasteiger partial charge < -0.3 is 11.1 Å². The lowest BCUT2D eigenvalue weighted by atomic mass is 9.94. The highest BCUT2D eigenvalue weighted by molar-refractivity contribution is 6.28. The predicted octanol–water partition coefficient (Wildman–Crippen LogP) is 10.4. The number of alkyl halides is 1. The van der Waals surface area contributed by atoms with Crippen LogP contribution in [0.1, 0.15) is 142 Å². The second kappa shape index (κ2) is 19.2. The fourth-order valence-corrected chi connectivity index (χ4v) is 3.95. The van der Waals surface area contributed by atoms with Crippen LogP contribution in [0.25, 0.3) is 0 Å². The second-order valence-corrected chi connectivity index (χ2v) is 10.3. The molecule has 1 aromatic heterocycles. The van der Waals surface area contributed by atoms with Crippen molar-refractivity contribution in [2.45, 2.75) is 138 Å². The van der Waals surface area contributed by atoms with Crippen LogP contribution < -0.4 is 11.1 Å². The van der Waals surface area contributed by atoms with Crippen LogP contribution in [0.4, 0.5) is 15.9 Å². The van der Waals surface area contributed by atoms with E-state index >= 15 is 0 Å². The zero-order valence-corrected chi connectivity index (χ0v) is 25.9. The monoisotopic (exact) mass is 536 g/mol. The maximum atomic E-state index is 14.4. The highest BCUT2D eigenvalue weighted by Gasteiger charge is 2.22. The maximum absolute atomic E-state index is 14.4. The van der Waals surface area contributed by atoms with Gasteiger partial charge >= 0.3 is 0 Å². The molecule has 2 aromatic rings. The van der Waals surface area contributed by atoms with Crippen molar-refractivity contribution >= 4 is 23.1 Å². The van der Waals surface area contributed by atoms with Gasteiger partial charge in [-0.1, -0.05) is 99.5 Å². The summed E-state index contributed by atoms with van der Waals surface area (Å²) in [6, 6.07) is 5.38. The predicted molar refractivity (Wildman–Crippen MR) is 162 cm³/mol. The zero-order chi connectivity index (χ0) is 28.4. The number of nitrogens with two attached hydrogens (primary N) is 1. The third-order valence-corrected chi connectivity index (χ3v) is 6.42. The van der Waals surface area contributed by atoms with Crippen molar-refractivity contribution in [3.8, 4) is 0 Å². The van der Waals surface area contributed by atoms with E-state index in [1.165, 1.54) is 58.8 Å². The van der Waals surface area contributed by atoms with Gasteiger partial charge in [-0.05, 0) is 68.0 Å². The lowest BCUT2D eigenvalue weighted by Gasteiger charge is -2.23. The molecule has 4 nitrogen and oxygen atoms in total. The fourth-order valence-electron chi connectivity index (χ4n) is 3.77. The molecule has 3 N–H and O–H groups in total. The number of aryl methyl sites for hydroxylation is 1. The Kier molecular flexibility index (Phi) is 18.3.